The van der Waals surface area contributed by atoms with Gasteiger partial charge in [-0.05, 0) is 39.0 Å². The van der Waals surface area contributed by atoms with Gasteiger partial charge < -0.3 is 19.5 Å². The number of benzene rings is 1. The molecular formula is C19H24N2O6. The minimum atomic E-state index is -1.12. The van der Waals surface area contributed by atoms with Gasteiger partial charge in [0.15, 0.2) is 6.10 Å². The molecule has 27 heavy (non-hydrogen) atoms. The molecule has 2 atom stereocenters. The van der Waals surface area contributed by atoms with Gasteiger partial charge in [-0.15, -0.1) is 0 Å². The molecule has 0 unspecified atom stereocenters. The van der Waals surface area contributed by atoms with Gasteiger partial charge in [-0.3, -0.25) is 10.1 Å². The van der Waals surface area contributed by atoms with Crippen LogP contribution in [0.15, 0.2) is 18.2 Å². The van der Waals surface area contributed by atoms with Crippen LogP contribution >= 0.6 is 0 Å². The number of nitrogens with one attached hydrogen (secondary N) is 2. The number of urea groups is 1. The molecular weight excluding hydrogens is 352 g/mol. The zero-order chi connectivity index (χ0) is 20.0. The lowest BCUT2D eigenvalue weighted by Gasteiger charge is -2.12. The lowest BCUT2D eigenvalue weighted by Crippen LogP contribution is -2.43. The highest BCUT2D eigenvalue weighted by Crippen LogP contribution is 2.35. The molecule has 1 aliphatic heterocycles. The van der Waals surface area contributed by atoms with Crippen LogP contribution in [0.4, 0.5) is 4.79 Å². The molecule has 0 saturated heterocycles. The van der Waals surface area contributed by atoms with Gasteiger partial charge in [0, 0.05) is 30.7 Å². The number of fused-ring (bicyclic) bond motifs is 1. The first-order valence-electron chi connectivity index (χ1n) is 8.71. The van der Waals surface area contributed by atoms with Gasteiger partial charge >= 0.3 is 12.0 Å². The number of hydrogen-bond acceptors (Lipinski definition) is 6. The van der Waals surface area contributed by atoms with E-state index >= 15 is 0 Å². The SMILES string of the molecule is CCOc1cc2c(cc1/C=C/C(=O)O[C@H](C)C(=O)NC(=O)NC)O[C@@H](C)C2. The molecule has 8 nitrogen and oxygen atoms in total. The summed E-state index contributed by atoms with van der Waals surface area (Å²) in [6, 6.07) is 3.05. The summed E-state index contributed by atoms with van der Waals surface area (Å²) in [5.41, 5.74) is 1.73. The molecule has 8 heteroatoms. The van der Waals surface area contributed by atoms with E-state index < -0.39 is 24.0 Å². The summed E-state index contributed by atoms with van der Waals surface area (Å²) in [6.45, 7) is 5.72. The Morgan fingerprint density at radius 3 is 2.78 bits per heavy atom. The number of imide groups is 1. The number of carbonyl (C=O) groups excluding carboxylic acids is 3. The average molecular weight is 376 g/mol. The molecule has 146 valence electrons. The molecule has 0 aliphatic carbocycles. The fourth-order valence-corrected chi connectivity index (χ4v) is 2.57. The Hall–Kier alpha value is -3.03. The second-order valence-electron chi connectivity index (χ2n) is 6.04. The summed E-state index contributed by atoms with van der Waals surface area (Å²) >= 11 is 0. The smallest absolute Gasteiger partial charge is 0.331 e. The summed E-state index contributed by atoms with van der Waals surface area (Å²) in [7, 11) is 1.37. The number of ether oxygens (including phenoxy) is 3. The molecule has 1 heterocycles. The summed E-state index contributed by atoms with van der Waals surface area (Å²) in [4.78, 5) is 34.8. The molecule has 0 fully saturated rings. The number of hydrogen-bond donors (Lipinski definition) is 2. The highest BCUT2D eigenvalue weighted by molar-refractivity contribution is 5.98. The third kappa shape index (κ3) is 5.47. The van der Waals surface area contributed by atoms with Crippen molar-refractivity contribution in [1.82, 2.24) is 10.6 Å². The monoisotopic (exact) mass is 376 g/mol. The van der Waals surface area contributed by atoms with Gasteiger partial charge in [-0.25, -0.2) is 9.59 Å². The van der Waals surface area contributed by atoms with Gasteiger partial charge in [-0.2, -0.15) is 0 Å². The quantitative estimate of drug-likeness (QED) is 0.580. The van der Waals surface area contributed by atoms with E-state index in [-0.39, 0.29) is 6.10 Å². The van der Waals surface area contributed by atoms with Crippen molar-refractivity contribution >= 4 is 24.0 Å². The van der Waals surface area contributed by atoms with Gasteiger partial charge in [-0.1, -0.05) is 0 Å². The molecule has 0 aromatic heterocycles. The van der Waals surface area contributed by atoms with E-state index in [1.807, 2.05) is 31.3 Å². The van der Waals surface area contributed by atoms with Gasteiger partial charge in [0.05, 0.1) is 6.61 Å². The zero-order valence-corrected chi connectivity index (χ0v) is 15.8. The molecule has 0 saturated carbocycles. The topological polar surface area (TPSA) is 103 Å². The molecule has 2 rings (SSSR count). The third-order valence-electron chi connectivity index (χ3n) is 3.85. The second kappa shape index (κ2) is 9.07. The predicted octanol–water partition coefficient (Wildman–Crippen LogP) is 1.81. The predicted molar refractivity (Wildman–Crippen MR) is 98.6 cm³/mol. The minimum Gasteiger partial charge on any atom is -0.493 e. The van der Waals surface area contributed by atoms with E-state index in [9.17, 15) is 14.4 Å². The number of rotatable bonds is 6. The fourth-order valence-electron chi connectivity index (χ4n) is 2.57. The van der Waals surface area contributed by atoms with Gasteiger partial charge in [0.2, 0.25) is 0 Å². The highest BCUT2D eigenvalue weighted by Gasteiger charge is 2.22. The van der Waals surface area contributed by atoms with Crippen molar-refractivity contribution in [3.63, 3.8) is 0 Å². The number of esters is 1. The Kier molecular flexibility index (Phi) is 6.81. The van der Waals surface area contributed by atoms with E-state index in [1.54, 1.807) is 6.08 Å². The zero-order valence-electron chi connectivity index (χ0n) is 15.8. The van der Waals surface area contributed by atoms with Crippen molar-refractivity contribution in [3.05, 3.63) is 29.3 Å². The van der Waals surface area contributed by atoms with Crippen molar-refractivity contribution in [2.24, 2.45) is 0 Å². The maximum absolute atomic E-state index is 12.0. The molecule has 1 aliphatic rings. The summed E-state index contributed by atoms with van der Waals surface area (Å²) in [5.74, 6) is -0.0292. The van der Waals surface area contributed by atoms with Crippen LogP contribution in [0.2, 0.25) is 0 Å². The largest absolute Gasteiger partial charge is 0.493 e. The third-order valence-corrected chi connectivity index (χ3v) is 3.85. The Morgan fingerprint density at radius 2 is 2.11 bits per heavy atom. The van der Waals surface area contributed by atoms with Crippen molar-refractivity contribution in [2.45, 2.75) is 39.4 Å². The standard InChI is InChI=1S/C19H24N2O6/c1-5-25-15-10-14-8-11(2)26-16(14)9-13(15)6-7-17(22)27-12(3)18(23)21-19(24)20-4/h6-7,9-12H,5,8H2,1-4H3,(H2,20,21,23,24)/b7-6+/t11-,12+/m0/s1. The van der Waals surface area contributed by atoms with Crippen LogP contribution in [0.3, 0.4) is 0 Å². The van der Waals surface area contributed by atoms with Crippen LogP contribution in [-0.4, -0.2) is 43.8 Å². The normalized spacial score (nSPS) is 16.2. The molecule has 0 bridgehead atoms. The maximum atomic E-state index is 12.0. The van der Waals surface area contributed by atoms with Crippen LogP contribution in [0, 0.1) is 0 Å². The van der Waals surface area contributed by atoms with Crippen LogP contribution in [-0.2, 0) is 20.7 Å². The summed E-state index contributed by atoms with van der Waals surface area (Å²) in [5, 5.41) is 4.28. The van der Waals surface area contributed by atoms with E-state index in [0.717, 1.165) is 17.7 Å². The molecule has 3 amide bonds. The highest BCUT2D eigenvalue weighted by atomic mass is 16.5. The maximum Gasteiger partial charge on any atom is 0.331 e. The van der Waals surface area contributed by atoms with Crippen molar-refractivity contribution in [1.29, 1.82) is 0 Å². The van der Waals surface area contributed by atoms with E-state index in [4.69, 9.17) is 14.2 Å². The molecule has 1 aromatic rings. The first-order chi connectivity index (χ1) is 12.8. The molecule has 2 N–H and O–H groups in total. The Balaban J connectivity index is 2.06. The van der Waals surface area contributed by atoms with E-state index in [0.29, 0.717) is 17.9 Å². The number of amides is 3. The lowest BCUT2D eigenvalue weighted by atomic mass is 10.1. The van der Waals surface area contributed by atoms with Crippen molar-refractivity contribution in [2.75, 3.05) is 13.7 Å². The molecule has 0 radical (unpaired) electrons. The van der Waals surface area contributed by atoms with E-state index in [2.05, 4.69) is 5.32 Å². The van der Waals surface area contributed by atoms with Crippen molar-refractivity contribution < 1.29 is 28.6 Å². The van der Waals surface area contributed by atoms with E-state index in [1.165, 1.54) is 20.0 Å². The van der Waals surface area contributed by atoms with Gasteiger partial charge in [0.1, 0.15) is 17.6 Å². The van der Waals surface area contributed by atoms with Gasteiger partial charge in [0.25, 0.3) is 5.91 Å². The summed E-state index contributed by atoms with van der Waals surface area (Å²) in [6.07, 6.45) is 2.53. The number of carbonyl (C=O) groups is 3. The lowest BCUT2D eigenvalue weighted by molar-refractivity contribution is -0.149. The Labute approximate surface area is 157 Å². The molecule has 0 spiro atoms. The van der Waals surface area contributed by atoms with Crippen LogP contribution in [0.1, 0.15) is 31.9 Å². The van der Waals surface area contributed by atoms with Crippen LogP contribution in [0.25, 0.3) is 6.08 Å². The molecule has 1 aromatic carbocycles. The van der Waals surface area contributed by atoms with Crippen molar-refractivity contribution in [3.8, 4) is 11.5 Å². The fraction of sp³-hybridized carbons (Fsp3) is 0.421. The Bertz CT molecular complexity index is 759. The minimum absolute atomic E-state index is 0.0957. The van der Waals surface area contributed by atoms with Crippen LogP contribution in [0.5, 0.6) is 11.5 Å². The van der Waals surface area contributed by atoms with Crippen LogP contribution < -0.4 is 20.1 Å². The average Bonchev–Trinajstić information content (AvgIpc) is 2.98. The first kappa shape index (κ1) is 20.3. The Morgan fingerprint density at radius 1 is 1.37 bits per heavy atom. The summed E-state index contributed by atoms with van der Waals surface area (Å²) < 4.78 is 16.4. The first-order valence-corrected chi connectivity index (χ1v) is 8.71. The second-order valence-corrected chi connectivity index (χ2v) is 6.04.